The van der Waals surface area contributed by atoms with E-state index in [0.29, 0.717) is 36.6 Å². The molecule has 0 bridgehead atoms. The van der Waals surface area contributed by atoms with Crippen molar-refractivity contribution in [2.75, 3.05) is 31.8 Å². The third-order valence-electron chi connectivity index (χ3n) is 7.73. The second kappa shape index (κ2) is 10.4. The molecule has 3 heterocycles. The van der Waals surface area contributed by atoms with E-state index in [1.54, 1.807) is 4.90 Å². The monoisotopic (exact) mass is 575 g/mol. The third-order valence-corrected chi connectivity index (χ3v) is 9.91. The second-order valence-corrected chi connectivity index (χ2v) is 12.1. The fourth-order valence-corrected chi connectivity index (χ4v) is 7.40. The van der Waals surface area contributed by atoms with E-state index in [9.17, 15) is 14.4 Å². The number of rotatable bonds is 6. The number of thiophene rings is 1. The molecule has 2 fully saturated rings. The van der Waals surface area contributed by atoms with Crippen molar-refractivity contribution in [2.45, 2.75) is 51.2 Å². The molecule has 1 saturated carbocycles. The Bertz CT molecular complexity index is 1160. The van der Waals surface area contributed by atoms with Crippen molar-refractivity contribution in [1.29, 1.82) is 0 Å². The van der Waals surface area contributed by atoms with Gasteiger partial charge < -0.3 is 14.2 Å². The van der Waals surface area contributed by atoms with Crippen molar-refractivity contribution in [3.63, 3.8) is 0 Å². The molecule has 1 aromatic heterocycles. The van der Waals surface area contributed by atoms with Gasteiger partial charge in [0, 0.05) is 13.2 Å². The average Bonchev–Trinajstić information content (AvgIpc) is 3.48. The molecular weight excluding hydrogens is 546 g/mol. The Labute approximate surface area is 223 Å². The molecule has 0 radical (unpaired) electrons. The molecule has 7 nitrogen and oxygen atoms in total. The van der Waals surface area contributed by atoms with Crippen LogP contribution in [0.25, 0.3) is 0 Å². The van der Waals surface area contributed by atoms with Gasteiger partial charge in [0.2, 0.25) is 5.91 Å². The number of esters is 1. The highest BCUT2D eigenvalue weighted by Gasteiger charge is 2.59. The molecule has 3 atom stereocenters. The van der Waals surface area contributed by atoms with Crippen LogP contribution in [0.5, 0.6) is 0 Å². The Morgan fingerprint density at radius 2 is 1.94 bits per heavy atom. The number of benzene rings is 1. The Kier molecular flexibility index (Phi) is 7.36. The first-order chi connectivity index (χ1) is 17.4. The zero-order valence-corrected chi connectivity index (χ0v) is 22.9. The van der Waals surface area contributed by atoms with Gasteiger partial charge in [-0.3, -0.25) is 19.3 Å². The Balaban J connectivity index is 1.53. The molecule has 1 saturated heterocycles. The topological polar surface area (TPSA) is 82.1 Å². The molecule has 9 heteroatoms. The summed E-state index contributed by atoms with van der Waals surface area (Å²) in [6, 6.07) is 9.91. The number of ketones is 1. The van der Waals surface area contributed by atoms with Gasteiger partial charge in [-0.05, 0) is 66.1 Å². The van der Waals surface area contributed by atoms with Crippen LogP contribution >= 0.6 is 27.3 Å². The van der Waals surface area contributed by atoms with Gasteiger partial charge in [-0.2, -0.15) is 0 Å². The third kappa shape index (κ3) is 4.44. The maximum absolute atomic E-state index is 14.2. The summed E-state index contributed by atoms with van der Waals surface area (Å²) in [5.41, 5.74) is 1.14. The molecule has 1 aromatic carbocycles. The minimum Gasteiger partial charge on any atom is -0.469 e. The minimum absolute atomic E-state index is 0.0332. The summed E-state index contributed by atoms with van der Waals surface area (Å²) in [4.78, 5) is 42.2. The number of carbonyl (C=O) groups is 3. The molecule has 1 spiro atoms. The first-order valence-corrected chi connectivity index (χ1v) is 14.0. The summed E-state index contributed by atoms with van der Waals surface area (Å²) >= 11 is 5.00. The summed E-state index contributed by atoms with van der Waals surface area (Å²) in [6.07, 6.45) is 2.24. The smallest absolute Gasteiger partial charge is 0.308 e. The lowest BCUT2D eigenvalue weighted by atomic mass is 9.74. The number of fused-ring (bicyclic) bond motifs is 1. The summed E-state index contributed by atoms with van der Waals surface area (Å²) in [5, 5.41) is 0.651. The van der Waals surface area contributed by atoms with Crippen LogP contribution in [0.3, 0.4) is 0 Å². The Morgan fingerprint density at radius 1 is 1.22 bits per heavy atom. The number of hydrogen-bond donors (Lipinski definition) is 0. The molecule has 3 aliphatic rings. The van der Waals surface area contributed by atoms with Crippen LogP contribution in [-0.4, -0.2) is 50.6 Å². The largest absolute Gasteiger partial charge is 0.469 e. The number of Topliss-reactive ketones (excluding diaryl/α,β-unsaturated/α-hetero) is 1. The van der Waals surface area contributed by atoms with Crippen LogP contribution in [0.4, 0.5) is 5.00 Å². The van der Waals surface area contributed by atoms with E-state index in [1.165, 1.54) is 18.4 Å². The second-order valence-electron chi connectivity index (χ2n) is 9.82. The van der Waals surface area contributed by atoms with Crippen LogP contribution in [-0.2, 0) is 23.8 Å². The van der Waals surface area contributed by atoms with Crippen LogP contribution < -0.4 is 4.90 Å². The quantitative estimate of drug-likeness (QED) is 0.346. The van der Waals surface area contributed by atoms with E-state index in [-0.39, 0.29) is 42.8 Å². The predicted octanol–water partition coefficient (Wildman–Crippen LogP) is 5.24. The Hall–Kier alpha value is -2.07. The average molecular weight is 577 g/mol. The van der Waals surface area contributed by atoms with Gasteiger partial charge in [0.05, 0.1) is 35.0 Å². The van der Waals surface area contributed by atoms with Gasteiger partial charge in [0.25, 0.3) is 0 Å². The molecule has 192 valence electrons. The lowest BCUT2D eigenvalue weighted by Gasteiger charge is -2.40. The van der Waals surface area contributed by atoms with Crippen molar-refractivity contribution in [3.8, 4) is 0 Å². The fraction of sp³-hybridized carbons (Fsp3) is 0.519. The van der Waals surface area contributed by atoms with Gasteiger partial charge in [-0.15, -0.1) is 11.3 Å². The van der Waals surface area contributed by atoms with E-state index >= 15 is 0 Å². The lowest BCUT2D eigenvalue weighted by molar-refractivity contribution is -0.145. The van der Waals surface area contributed by atoms with Crippen LogP contribution in [0.15, 0.2) is 34.1 Å². The normalized spacial score (nSPS) is 25.3. The van der Waals surface area contributed by atoms with Gasteiger partial charge >= 0.3 is 5.97 Å². The number of hydrogen-bond acceptors (Lipinski definition) is 7. The molecule has 36 heavy (non-hydrogen) atoms. The highest BCUT2D eigenvalue weighted by molar-refractivity contribution is 9.11. The summed E-state index contributed by atoms with van der Waals surface area (Å²) in [6.45, 7) is 3.50. The van der Waals surface area contributed by atoms with Crippen molar-refractivity contribution >= 4 is 49.9 Å². The van der Waals surface area contributed by atoms with Crippen LogP contribution in [0.2, 0.25) is 0 Å². The first kappa shape index (κ1) is 25.6. The summed E-state index contributed by atoms with van der Waals surface area (Å²) in [7, 11) is 1.35. The number of methoxy groups -OCH3 is 1. The lowest BCUT2D eigenvalue weighted by Crippen LogP contribution is -2.53. The van der Waals surface area contributed by atoms with Crippen LogP contribution in [0, 0.1) is 18.3 Å². The maximum atomic E-state index is 14.2. The first-order valence-electron chi connectivity index (χ1n) is 12.4. The van der Waals surface area contributed by atoms with Crippen molar-refractivity contribution in [1.82, 2.24) is 0 Å². The Morgan fingerprint density at radius 3 is 2.64 bits per heavy atom. The SMILES string of the molecule is COC(=O)C1CCC2(C1)C(=O)c1c(sc(Br)c1C)N(CC(OC1CCOCC1)c1ccccc1)C2=O. The number of carbonyl (C=O) groups excluding carboxylic acids is 3. The van der Waals surface area contributed by atoms with E-state index in [2.05, 4.69) is 15.9 Å². The van der Waals surface area contributed by atoms with Crippen LogP contribution in [0.1, 0.15) is 59.7 Å². The zero-order valence-electron chi connectivity index (χ0n) is 20.5. The maximum Gasteiger partial charge on any atom is 0.308 e. The fourth-order valence-electron chi connectivity index (χ4n) is 5.70. The number of nitrogens with zero attached hydrogens (tertiary/aromatic N) is 1. The standard InChI is InChI=1S/C27H30BrNO6S/c1-16-21-22(30)27(11-8-18(14-27)25(31)33-2)26(32)29(24(21)36-23(16)28)15-20(17-6-4-3-5-7-17)35-19-9-12-34-13-10-19/h3-7,18-20H,8-15H2,1-2H3. The number of halogens is 1. The summed E-state index contributed by atoms with van der Waals surface area (Å²) in [5.74, 6) is -1.24. The molecule has 1 aliphatic carbocycles. The van der Waals surface area contributed by atoms with E-state index in [1.807, 2.05) is 37.3 Å². The molecule has 5 rings (SSSR count). The van der Waals surface area contributed by atoms with Gasteiger partial charge in [-0.25, -0.2) is 0 Å². The predicted molar refractivity (Wildman–Crippen MR) is 139 cm³/mol. The van der Waals surface area contributed by atoms with E-state index < -0.39 is 11.3 Å². The summed E-state index contributed by atoms with van der Waals surface area (Å²) < 4.78 is 17.9. The van der Waals surface area contributed by atoms with E-state index in [0.717, 1.165) is 27.8 Å². The zero-order chi connectivity index (χ0) is 25.4. The molecule has 1 amide bonds. The number of amides is 1. The van der Waals surface area contributed by atoms with Crippen molar-refractivity contribution in [2.24, 2.45) is 11.3 Å². The van der Waals surface area contributed by atoms with Crippen molar-refractivity contribution in [3.05, 3.63) is 50.8 Å². The molecular formula is C27H30BrNO6S. The number of anilines is 1. The van der Waals surface area contributed by atoms with Gasteiger partial charge in [-0.1, -0.05) is 30.3 Å². The highest BCUT2D eigenvalue weighted by Crippen LogP contribution is 2.54. The van der Waals surface area contributed by atoms with Crippen molar-refractivity contribution < 1.29 is 28.6 Å². The highest BCUT2D eigenvalue weighted by atomic mass is 79.9. The molecule has 2 aliphatic heterocycles. The van der Waals surface area contributed by atoms with Gasteiger partial charge in [0.15, 0.2) is 5.78 Å². The number of ether oxygens (including phenoxy) is 3. The molecule has 0 N–H and O–H groups in total. The van der Waals surface area contributed by atoms with Gasteiger partial charge in [0.1, 0.15) is 16.5 Å². The minimum atomic E-state index is -1.25. The molecule has 3 unspecified atom stereocenters. The molecule has 2 aromatic rings. The van der Waals surface area contributed by atoms with E-state index in [4.69, 9.17) is 14.2 Å².